The Hall–Kier alpha value is -3.37. The quantitative estimate of drug-likeness (QED) is 0.323. The van der Waals surface area contributed by atoms with Crippen molar-refractivity contribution in [3.8, 4) is 5.75 Å². The zero-order valence-corrected chi connectivity index (χ0v) is 25.0. The van der Waals surface area contributed by atoms with Gasteiger partial charge < -0.3 is 25.4 Å². The lowest BCUT2D eigenvalue weighted by molar-refractivity contribution is -0.113. The molecule has 1 atom stereocenters. The van der Waals surface area contributed by atoms with E-state index in [0.29, 0.717) is 36.5 Å². The van der Waals surface area contributed by atoms with Crippen LogP contribution < -0.4 is 20.7 Å². The van der Waals surface area contributed by atoms with Crippen LogP contribution in [0, 0.1) is 5.92 Å². The number of thioether (sulfide) groups is 1. The number of nitrogens with zero attached hydrogens (tertiary/aromatic N) is 2. The number of alkyl carbamates (subject to hydrolysis) is 1. The van der Waals surface area contributed by atoms with Gasteiger partial charge in [0.2, 0.25) is 5.91 Å². The Bertz CT molecular complexity index is 1400. The molecule has 9 nitrogen and oxygen atoms in total. The summed E-state index contributed by atoms with van der Waals surface area (Å²) in [5.41, 5.74) is 2.37. The van der Waals surface area contributed by atoms with Crippen LogP contribution in [0.5, 0.6) is 5.75 Å². The highest BCUT2D eigenvalue weighted by Gasteiger charge is 2.31. The lowest BCUT2D eigenvalue weighted by Gasteiger charge is -2.35. The van der Waals surface area contributed by atoms with E-state index in [2.05, 4.69) is 25.9 Å². The minimum atomic E-state index is -0.570. The van der Waals surface area contributed by atoms with Crippen LogP contribution in [0.3, 0.4) is 0 Å². The number of amides is 2. The monoisotopic (exact) mass is 577 g/mol. The van der Waals surface area contributed by atoms with Crippen LogP contribution in [0.1, 0.15) is 57.7 Å². The lowest BCUT2D eigenvalue weighted by atomic mass is 9.79. The van der Waals surface area contributed by atoms with E-state index in [4.69, 9.17) is 9.47 Å². The highest BCUT2D eigenvalue weighted by molar-refractivity contribution is 8.00. The number of pyridine rings is 2. The highest BCUT2D eigenvalue weighted by atomic mass is 32.2. The smallest absolute Gasteiger partial charge is 0.407 e. The minimum Gasteiger partial charge on any atom is -0.497 e. The first-order valence-electron chi connectivity index (χ1n) is 14.2. The van der Waals surface area contributed by atoms with Crippen molar-refractivity contribution >= 4 is 40.5 Å². The summed E-state index contributed by atoms with van der Waals surface area (Å²) in [7, 11) is 1.66. The summed E-state index contributed by atoms with van der Waals surface area (Å²) in [4.78, 5) is 34.8. The summed E-state index contributed by atoms with van der Waals surface area (Å²) in [5.74, 6) is 2.18. The first kappa shape index (κ1) is 29.1. The predicted molar refractivity (Wildman–Crippen MR) is 161 cm³/mol. The molecule has 0 radical (unpaired) electrons. The molecular weight excluding hydrogens is 538 g/mol. The minimum absolute atomic E-state index is 0.00752. The van der Waals surface area contributed by atoms with Crippen molar-refractivity contribution in [3.05, 3.63) is 53.9 Å². The predicted octanol–water partition coefficient (Wildman–Crippen LogP) is 5.47. The van der Waals surface area contributed by atoms with Crippen molar-refractivity contribution in [1.82, 2.24) is 20.6 Å². The maximum atomic E-state index is 12.9. The Balaban J connectivity index is 1.25. The number of carbonyl (C=O) groups excluding carboxylic acids is 2. The van der Waals surface area contributed by atoms with Crippen LogP contribution in [-0.4, -0.2) is 52.5 Å². The fourth-order valence-corrected chi connectivity index (χ4v) is 6.35. The van der Waals surface area contributed by atoms with Gasteiger partial charge in [-0.3, -0.25) is 9.78 Å². The number of anilines is 1. The van der Waals surface area contributed by atoms with Crippen molar-refractivity contribution < 1.29 is 19.1 Å². The average Bonchev–Trinajstić information content (AvgIpc) is 2.94. The third kappa shape index (κ3) is 7.68. The summed E-state index contributed by atoms with van der Waals surface area (Å²) in [6, 6.07) is 12.3. The van der Waals surface area contributed by atoms with E-state index in [0.717, 1.165) is 58.5 Å². The number of methoxy groups -OCH3 is 1. The topological polar surface area (TPSA) is 114 Å². The third-order valence-electron chi connectivity index (χ3n) is 7.63. The number of ether oxygens (including phenoxy) is 2. The molecule has 3 aromatic rings. The molecule has 218 valence electrons. The summed E-state index contributed by atoms with van der Waals surface area (Å²) >= 11 is 1.52. The van der Waals surface area contributed by atoms with Gasteiger partial charge in [0.1, 0.15) is 17.2 Å². The van der Waals surface area contributed by atoms with Crippen LogP contribution >= 0.6 is 11.8 Å². The molecule has 5 rings (SSSR count). The summed E-state index contributed by atoms with van der Waals surface area (Å²) < 4.78 is 11.1. The molecule has 1 fully saturated rings. The van der Waals surface area contributed by atoms with E-state index in [1.807, 2.05) is 63.4 Å². The maximum absolute atomic E-state index is 12.9. The summed E-state index contributed by atoms with van der Waals surface area (Å²) in [5, 5.41) is 10.8. The van der Waals surface area contributed by atoms with E-state index in [1.165, 1.54) is 11.8 Å². The molecule has 41 heavy (non-hydrogen) atoms. The molecule has 1 saturated carbocycles. The lowest BCUT2D eigenvalue weighted by Crippen LogP contribution is -2.46. The van der Waals surface area contributed by atoms with Gasteiger partial charge in [0.25, 0.3) is 0 Å². The van der Waals surface area contributed by atoms with Gasteiger partial charge in [0.05, 0.1) is 29.0 Å². The molecule has 0 saturated heterocycles. The zero-order chi connectivity index (χ0) is 29.0. The maximum Gasteiger partial charge on any atom is 0.407 e. The highest BCUT2D eigenvalue weighted by Crippen LogP contribution is 2.32. The van der Waals surface area contributed by atoms with Crippen LogP contribution in [0.25, 0.3) is 10.9 Å². The van der Waals surface area contributed by atoms with Gasteiger partial charge in [-0.1, -0.05) is 0 Å². The van der Waals surface area contributed by atoms with E-state index in [-0.39, 0.29) is 18.0 Å². The Kier molecular flexibility index (Phi) is 8.99. The van der Waals surface area contributed by atoms with Gasteiger partial charge in [0.15, 0.2) is 0 Å². The van der Waals surface area contributed by atoms with Crippen LogP contribution in [0.2, 0.25) is 0 Å². The molecule has 3 heterocycles. The van der Waals surface area contributed by atoms with E-state index in [9.17, 15) is 9.59 Å². The standard InChI is InChI=1S/C31H39N5O4S/c1-31(2,3)40-30(38)35-26(15-20-13-14-32-25-11-10-23(39-4)16-24(20)25)19-5-7-21(8-6-19)33-17-22-9-12-27-29(34-22)36-28(37)18-41-27/h9-14,16,19,21,26,33H,5-8,15,17-18H2,1-4H3,(H,35,38)(H,34,36,37). The number of aromatic nitrogens is 2. The Labute approximate surface area is 245 Å². The first-order valence-corrected chi connectivity index (χ1v) is 15.2. The Morgan fingerprint density at radius 1 is 1.15 bits per heavy atom. The molecular formula is C31H39N5O4S. The molecule has 1 aliphatic heterocycles. The second-order valence-electron chi connectivity index (χ2n) is 11.8. The van der Waals surface area contributed by atoms with Gasteiger partial charge in [-0.2, -0.15) is 0 Å². The molecule has 2 amide bonds. The van der Waals surface area contributed by atoms with Crippen LogP contribution in [0.15, 0.2) is 47.5 Å². The van der Waals surface area contributed by atoms with E-state index >= 15 is 0 Å². The molecule has 1 aromatic carbocycles. The summed E-state index contributed by atoms with van der Waals surface area (Å²) in [6.45, 7) is 6.29. The summed E-state index contributed by atoms with van der Waals surface area (Å²) in [6.07, 6.45) is 6.08. The molecule has 0 bridgehead atoms. The molecule has 10 heteroatoms. The molecule has 2 aromatic heterocycles. The normalized spacial score (nSPS) is 19.7. The second-order valence-corrected chi connectivity index (χ2v) is 12.8. The van der Waals surface area contributed by atoms with Gasteiger partial charge in [-0.15, -0.1) is 11.8 Å². The molecule has 2 aliphatic rings. The number of hydrogen-bond acceptors (Lipinski definition) is 8. The van der Waals surface area contributed by atoms with Crippen molar-refractivity contribution in [2.45, 2.75) is 82.0 Å². The second kappa shape index (κ2) is 12.7. The SMILES string of the molecule is COc1ccc2nccc(CC(NC(=O)OC(C)(C)C)C3CCC(NCc4ccc5c(n4)NC(=O)CS5)CC3)c2c1. The molecule has 1 unspecified atom stereocenters. The number of nitrogens with one attached hydrogen (secondary N) is 3. The van der Waals surface area contributed by atoms with E-state index < -0.39 is 5.60 Å². The van der Waals surface area contributed by atoms with Gasteiger partial charge in [-0.05, 0) is 101 Å². The van der Waals surface area contributed by atoms with Crippen molar-refractivity contribution in [1.29, 1.82) is 0 Å². The van der Waals surface area contributed by atoms with Crippen molar-refractivity contribution in [3.63, 3.8) is 0 Å². The first-order chi connectivity index (χ1) is 19.7. The molecule has 0 spiro atoms. The average molecular weight is 578 g/mol. The Morgan fingerprint density at radius 3 is 2.71 bits per heavy atom. The number of benzene rings is 1. The molecule has 3 N–H and O–H groups in total. The van der Waals surface area contributed by atoms with Crippen LogP contribution in [0.4, 0.5) is 10.6 Å². The van der Waals surface area contributed by atoms with Crippen molar-refractivity contribution in [2.75, 3.05) is 18.2 Å². The van der Waals surface area contributed by atoms with Gasteiger partial charge in [-0.25, -0.2) is 9.78 Å². The number of fused-ring (bicyclic) bond motifs is 2. The van der Waals surface area contributed by atoms with Crippen molar-refractivity contribution in [2.24, 2.45) is 5.92 Å². The largest absolute Gasteiger partial charge is 0.497 e. The number of hydrogen-bond donors (Lipinski definition) is 3. The Morgan fingerprint density at radius 2 is 1.95 bits per heavy atom. The van der Waals surface area contributed by atoms with E-state index in [1.54, 1.807) is 7.11 Å². The van der Waals surface area contributed by atoms with Gasteiger partial charge in [0, 0.05) is 30.2 Å². The number of rotatable bonds is 8. The fourth-order valence-electron chi connectivity index (χ4n) is 5.60. The number of carbonyl (C=O) groups is 2. The van der Waals surface area contributed by atoms with Crippen LogP contribution in [-0.2, 0) is 22.5 Å². The van der Waals surface area contributed by atoms with Gasteiger partial charge >= 0.3 is 6.09 Å². The fraction of sp³-hybridized carbons (Fsp3) is 0.484. The molecule has 1 aliphatic carbocycles. The zero-order valence-electron chi connectivity index (χ0n) is 24.2. The third-order valence-corrected chi connectivity index (χ3v) is 8.67.